The molecule has 3 aliphatic carbocycles. The molecule has 0 spiro atoms. The fourth-order valence-electron chi connectivity index (χ4n) is 4.76. The van der Waals surface area contributed by atoms with Crippen LogP contribution < -0.4 is 0 Å². The van der Waals surface area contributed by atoms with Crippen molar-refractivity contribution in [1.29, 1.82) is 0 Å². The van der Waals surface area contributed by atoms with Crippen molar-refractivity contribution in [2.45, 2.75) is 102 Å². The fraction of sp³-hybridized carbons (Fsp3) is 0.947. The summed E-state index contributed by atoms with van der Waals surface area (Å²) in [4.78, 5) is 5.42. The van der Waals surface area contributed by atoms with Crippen LogP contribution >= 0.6 is 0 Å². The monoisotopic (exact) mass is 275 g/mol. The lowest BCUT2D eigenvalue weighted by Gasteiger charge is -2.28. The van der Waals surface area contributed by atoms with E-state index in [9.17, 15) is 0 Å². The van der Waals surface area contributed by atoms with E-state index in [4.69, 9.17) is 4.99 Å². The zero-order chi connectivity index (χ0) is 13.6. The standard InChI is InChI=1S/C19H33N/c1-2-7-15-18(14-6-1)20-19(17-12-8-9-13-17)16-10-4-3-5-11-16/h16-18H,1-15H2. The topological polar surface area (TPSA) is 12.4 Å². The first kappa shape index (κ1) is 14.6. The van der Waals surface area contributed by atoms with Gasteiger partial charge < -0.3 is 0 Å². The van der Waals surface area contributed by atoms with Gasteiger partial charge in [0.2, 0.25) is 0 Å². The molecule has 3 fully saturated rings. The minimum absolute atomic E-state index is 0.690. The summed E-state index contributed by atoms with van der Waals surface area (Å²) in [5.74, 6) is 1.75. The Morgan fingerprint density at radius 1 is 0.500 bits per heavy atom. The SMILES string of the molecule is C1CCCC(N=C(C2CCCCC2)C2CCCC2)CC1. The highest BCUT2D eigenvalue weighted by Crippen LogP contribution is 2.35. The molecule has 0 radical (unpaired) electrons. The van der Waals surface area contributed by atoms with E-state index < -0.39 is 0 Å². The van der Waals surface area contributed by atoms with E-state index in [0.29, 0.717) is 6.04 Å². The molecule has 0 atom stereocenters. The molecule has 0 aromatic rings. The Hall–Kier alpha value is -0.330. The molecule has 0 amide bonds. The normalized spacial score (nSPS) is 28.7. The number of nitrogens with zero attached hydrogens (tertiary/aromatic N) is 1. The molecule has 0 saturated heterocycles. The van der Waals surface area contributed by atoms with Crippen molar-refractivity contribution < 1.29 is 0 Å². The molecule has 0 heterocycles. The molecule has 0 unspecified atom stereocenters. The Labute approximate surface area is 125 Å². The first-order valence-electron chi connectivity index (χ1n) is 9.51. The molecule has 3 rings (SSSR count). The van der Waals surface area contributed by atoms with Crippen molar-refractivity contribution in [2.24, 2.45) is 16.8 Å². The summed E-state index contributed by atoms with van der Waals surface area (Å²) < 4.78 is 0. The molecule has 20 heavy (non-hydrogen) atoms. The maximum absolute atomic E-state index is 5.42. The van der Waals surface area contributed by atoms with Crippen LogP contribution in [0.1, 0.15) is 96.3 Å². The number of hydrogen-bond acceptors (Lipinski definition) is 1. The van der Waals surface area contributed by atoms with E-state index in [1.807, 2.05) is 0 Å². The third-order valence-electron chi connectivity index (χ3n) is 5.95. The molecule has 0 aliphatic heterocycles. The summed E-state index contributed by atoms with van der Waals surface area (Å²) in [7, 11) is 0. The van der Waals surface area contributed by atoms with Crippen LogP contribution in [0.4, 0.5) is 0 Å². The summed E-state index contributed by atoms with van der Waals surface area (Å²) in [5, 5.41) is 0. The molecule has 0 N–H and O–H groups in total. The average Bonchev–Trinajstić information content (AvgIpc) is 2.90. The zero-order valence-electron chi connectivity index (χ0n) is 13.3. The summed E-state index contributed by atoms with van der Waals surface area (Å²) >= 11 is 0. The highest BCUT2D eigenvalue weighted by Gasteiger charge is 2.29. The third kappa shape index (κ3) is 3.86. The third-order valence-corrected chi connectivity index (χ3v) is 5.95. The summed E-state index contributed by atoms with van der Waals surface area (Å²) in [5.41, 5.74) is 1.70. The Kier molecular flexibility index (Phi) is 5.56. The molecule has 3 aliphatic rings. The highest BCUT2D eigenvalue weighted by molar-refractivity contribution is 5.89. The van der Waals surface area contributed by atoms with Gasteiger partial charge in [-0.3, -0.25) is 4.99 Å². The van der Waals surface area contributed by atoms with Crippen molar-refractivity contribution in [2.75, 3.05) is 0 Å². The molecule has 1 heteroatoms. The van der Waals surface area contributed by atoms with Crippen LogP contribution in [0.2, 0.25) is 0 Å². The van der Waals surface area contributed by atoms with E-state index >= 15 is 0 Å². The van der Waals surface area contributed by atoms with Crippen molar-refractivity contribution in [3.05, 3.63) is 0 Å². The van der Waals surface area contributed by atoms with Crippen LogP contribution in [-0.2, 0) is 0 Å². The predicted octanol–water partition coefficient (Wildman–Crippen LogP) is 5.92. The van der Waals surface area contributed by atoms with Crippen LogP contribution in [0.5, 0.6) is 0 Å². The van der Waals surface area contributed by atoms with Crippen molar-refractivity contribution >= 4 is 5.71 Å². The van der Waals surface area contributed by atoms with Crippen LogP contribution in [0.25, 0.3) is 0 Å². The van der Waals surface area contributed by atoms with Crippen LogP contribution in [0.3, 0.4) is 0 Å². The van der Waals surface area contributed by atoms with E-state index in [2.05, 4.69) is 0 Å². The first-order valence-corrected chi connectivity index (χ1v) is 9.51. The summed E-state index contributed by atoms with van der Waals surface area (Å²) in [6.07, 6.45) is 21.6. The summed E-state index contributed by atoms with van der Waals surface area (Å²) in [6.45, 7) is 0. The molecule has 0 bridgehead atoms. The van der Waals surface area contributed by atoms with Gasteiger partial charge in [-0.15, -0.1) is 0 Å². The van der Waals surface area contributed by atoms with Crippen molar-refractivity contribution in [1.82, 2.24) is 0 Å². The second-order valence-electron chi connectivity index (χ2n) is 7.52. The lowest BCUT2D eigenvalue weighted by Crippen LogP contribution is -2.26. The molecular formula is C19H33N. The van der Waals surface area contributed by atoms with Gasteiger partial charge in [0, 0.05) is 11.8 Å². The van der Waals surface area contributed by atoms with E-state index in [0.717, 1.165) is 11.8 Å². The van der Waals surface area contributed by atoms with Crippen LogP contribution in [-0.4, -0.2) is 11.8 Å². The van der Waals surface area contributed by atoms with Crippen LogP contribution in [0.15, 0.2) is 4.99 Å². The van der Waals surface area contributed by atoms with Gasteiger partial charge in [-0.2, -0.15) is 0 Å². The lowest BCUT2D eigenvalue weighted by molar-refractivity contribution is 0.420. The van der Waals surface area contributed by atoms with Gasteiger partial charge in [-0.25, -0.2) is 0 Å². The van der Waals surface area contributed by atoms with Crippen molar-refractivity contribution in [3.63, 3.8) is 0 Å². The largest absolute Gasteiger partial charge is 0.290 e. The minimum Gasteiger partial charge on any atom is -0.290 e. The molecular weight excluding hydrogens is 242 g/mol. The average molecular weight is 275 g/mol. The van der Waals surface area contributed by atoms with Gasteiger partial charge in [-0.05, 0) is 50.4 Å². The fourth-order valence-corrected chi connectivity index (χ4v) is 4.76. The second-order valence-corrected chi connectivity index (χ2v) is 7.52. The molecule has 1 nitrogen and oxygen atoms in total. The number of hydrogen-bond donors (Lipinski definition) is 0. The maximum atomic E-state index is 5.42. The summed E-state index contributed by atoms with van der Waals surface area (Å²) in [6, 6.07) is 0.690. The van der Waals surface area contributed by atoms with E-state index in [1.54, 1.807) is 5.71 Å². The molecule has 114 valence electrons. The van der Waals surface area contributed by atoms with Gasteiger partial charge >= 0.3 is 0 Å². The predicted molar refractivity (Wildman–Crippen MR) is 87.5 cm³/mol. The Morgan fingerprint density at radius 3 is 1.45 bits per heavy atom. The van der Waals surface area contributed by atoms with Crippen molar-refractivity contribution in [3.8, 4) is 0 Å². The zero-order valence-corrected chi connectivity index (χ0v) is 13.3. The van der Waals surface area contributed by atoms with E-state index in [1.165, 1.54) is 96.3 Å². The van der Waals surface area contributed by atoms with Gasteiger partial charge in [0.05, 0.1) is 0 Å². The maximum Gasteiger partial charge on any atom is 0.0499 e. The Bertz CT molecular complexity index is 300. The molecule has 0 aromatic heterocycles. The smallest absolute Gasteiger partial charge is 0.0499 e. The minimum atomic E-state index is 0.690. The van der Waals surface area contributed by atoms with E-state index in [-0.39, 0.29) is 0 Å². The lowest BCUT2D eigenvalue weighted by atomic mass is 9.80. The second kappa shape index (κ2) is 7.61. The number of aliphatic imine (C=N–C) groups is 1. The van der Waals surface area contributed by atoms with Gasteiger partial charge in [0.1, 0.15) is 0 Å². The highest BCUT2D eigenvalue weighted by atomic mass is 14.8. The Morgan fingerprint density at radius 2 is 0.900 bits per heavy atom. The van der Waals surface area contributed by atoms with Crippen LogP contribution in [0, 0.1) is 11.8 Å². The van der Waals surface area contributed by atoms with Gasteiger partial charge in [0.15, 0.2) is 0 Å². The van der Waals surface area contributed by atoms with Gasteiger partial charge in [0.25, 0.3) is 0 Å². The molecule has 3 saturated carbocycles. The molecule has 0 aromatic carbocycles. The quantitative estimate of drug-likeness (QED) is 0.448. The van der Waals surface area contributed by atoms with Gasteiger partial charge in [-0.1, -0.05) is 57.8 Å². The Balaban J connectivity index is 1.72. The first-order chi connectivity index (χ1) is 9.93. The number of rotatable bonds is 3.